The maximum Gasteiger partial charge on any atom is 0.420 e. The van der Waals surface area contributed by atoms with Crippen molar-refractivity contribution in [3.63, 3.8) is 0 Å². The van der Waals surface area contributed by atoms with Crippen molar-refractivity contribution in [2.24, 2.45) is 0 Å². The van der Waals surface area contributed by atoms with E-state index in [1.807, 2.05) is 0 Å². The highest BCUT2D eigenvalue weighted by Crippen LogP contribution is 2.25. The van der Waals surface area contributed by atoms with Gasteiger partial charge in [0.15, 0.2) is 11.4 Å². The van der Waals surface area contributed by atoms with Gasteiger partial charge in [-0.15, -0.1) is 0 Å². The SMILES string of the molecule is COc1ccc(F)cc1C(=O)Cn1c(=O)oc2cc(S(=O)(=O)N3CCCCC3)ccc21. The second-order valence-electron chi connectivity index (χ2n) is 7.32. The quantitative estimate of drug-likeness (QED) is 0.538. The number of hydrogen-bond acceptors (Lipinski definition) is 6. The largest absolute Gasteiger partial charge is 0.496 e. The lowest BCUT2D eigenvalue weighted by atomic mass is 10.1. The van der Waals surface area contributed by atoms with Crippen molar-refractivity contribution >= 4 is 26.9 Å². The Morgan fingerprint density at radius 3 is 2.58 bits per heavy atom. The third-order valence-corrected chi connectivity index (χ3v) is 7.25. The Morgan fingerprint density at radius 2 is 1.87 bits per heavy atom. The van der Waals surface area contributed by atoms with Crippen LogP contribution in [-0.4, -0.2) is 43.3 Å². The van der Waals surface area contributed by atoms with Crippen LogP contribution in [0.25, 0.3) is 11.1 Å². The molecule has 10 heteroatoms. The summed E-state index contributed by atoms with van der Waals surface area (Å²) in [5, 5.41) is 0. The van der Waals surface area contributed by atoms with Crippen LogP contribution in [0.2, 0.25) is 0 Å². The van der Waals surface area contributed by atoms with Crippen molar-refractivity contribution in [1.29, 1.82) is 0 Å². The molecule has 1 aromatic heterocycles. The average Bonchev–Trinajstić information content (AvgIpc) is 3.08. The lowest BCUT2D eigenvalue weighted by Crippen LogP contribution is -2.35. The number of oxazole rings is 1. The predicted molar refractivity (Wildman–Crippen MR) is 110 cm³/mol. The molecule has 1 fully saturated rings. The van der Waals surface area contributed by atoms with Gasteiger partial charge in [0.1, 0.15) is 11.6 Å². The number of fused-ring (bicyclic) bond motifs is 1. The zero-order valence-electron chi connectivity index (χ0n) is 16.8. The van der Waals surface area contributed by atoms with Crippen molar-refractivity contribution in [1.82, 2.24) is 8.87 Å². The summed E-state index contributed by atoms with van der Waals surface area (Å²) in [7, 11) is -2.35. The number of ether oxygens (including phenoxy) is 1. The molecule has 0 amide bonds. The zero-order valence-corrected chi connectivity index (χ0v) is 17.7. The summed E-state index contributed by atoms with van der Waals surface area (Å²) >= 11 is 0. The van der Waals surface area contributed by atoms with Gasteiger partial charge in [-0.2, -0.15) is 4.31 Å². The fourth-order valence-electron chi connectivity index (χ4n) is 3.74. The van der Waals surface area contributed by atoms with E-state index in [-0.39, 0.29) is 27.3 Å². The monoisotopic (exact) mass is 448 g/mol. The van der Waals surface area contributed by atoms with Crippen molar-refractivity contribution in [2.75, 3.05) is 20.2 Å². The fourth-order valence-corrected chi connectivity index (χ4v) is 5.27. The van der Waals surface area contributed by atoms with Crippen molar-refractivity contribution in [3.05, 3.63) is 58.3 Å². The van der Waals surface area contributed by atoms with Gasteiger partial charge in [-0.1, -0.05) is 6.42 Å². The van der Waals surface area contributed by atoms with Crippen molar-refractivity contribution in [3.8, 4) is 5.75 Å². The highest BCUT2D eigenvalue weighted by molar-refractivity contribution is 7.89. The first-order chi connectivity index (χ1) is 14.8. The van der Waals surface area contributed by atoms with Gasteiger partial charge in [-0.25, -0.2) is 17.6 Å². The van der Waals surface area contributed by atoms with E-state index in [4.69, 9.17) is 9.15 Å². The van der Waals surface area contributed by atoms with Crippen LogP contribution in [0, 0.1) is 5.82 Å². The maximum atomic E-state index is 13.6. The van der Waals surface area contributed by atoms with E-state index in [9.17, 15) is 22.4 Å². The standard InChI is InChI=1S/C21H21FN2O6S/c1-29-19-8-5-14(22)11-16(19)18(25)13-24-17-7-6-15(12-20(17)30-21(24)26)31(27,28)23-9-3-2-4-10-23/h5-8,11-12H,2-4,9-10,13H2,1H3. The van der Waals surface area contributed by atoms with Crippen molar-refractivity contribution in [2.45, 2.75) is 30.7 Å². The van der Waals surface area contributed by atoms with E-state index >= 15 is 0 Å². The molecular weight excluding hydrogens is 427 g/mol. The van der Waals surface area contributed by atoms with Crippen LogP contribution < -0.4 is 10.5 Å². The molecule has 0 N–H and O–H groups in total. The van der Waals surface area contributed by atoms with Crippen LogP contribution >= 0.6 is 0 Å². The Balaban J connectivity index is 1.68. The molecule has 0 saturated carbocycles. The van der Waals surface area contributed by atoms with Crippen LogP contribution in [0.4, 0.5) is 4.39 Å². The van der Waals surface area contributed by atoms with E-state index in [1.54, 1.807) is 0 Å². The number of carbonyl (C=O) groups is 1. The number of Topliss-reactive ketones (excluding diaryl/α,β-unsaturated/α-hetero) is 1. The summed E-state index contributed by atoms with van der Waals surface area (Å²) in [5.74, 6) is -1.79. The lowest BCUT2D eigenvalue weighted by Gasteiger charge is -2.25. The third-order valence-electron chi connectivity index (χ3n) is 5.36. The Bertz CT molecular complexity index is 1310. The Kier molecular flexibility index (Phi) is 5.67. The number of ketones is 1. The summed E-state index contributed by atoms with van der Waals surface area (Å²) in [6, 6.07) is 7.66. The average molecular weight is 448 g/mol. The minimum atomic E-state index is -3.70. The summed E-state index contributed by atoms with van der Waals surface area (Å²) in [5.41, 5.74) is 0.321. The number of benzene rings is 2. The van der Waals surface area contributed by atoms with Crippen LogP contribution in [0.3, 0.4) is 0 Å². The number of methoxy groups -OCH3 is 1. The zero-order chi connectivity index (χ0) is 22.2. The number of carbonyl (C=O) groups excluding carboxylic acids is 1. The molecule has 8 nitrogen and oxygen atoms in total. The first kappa shape index (κ1) is 21.3. The van der Waals surface area contributed by atoms with Gasteiger partial charge in [-0.3, -0.25) is 9.36 Å². The van der Waals surface area contributed by atoms with Crippen LogP contribution in [-0.2, 0) is 16.6 Å². The molecule has 0 bridgehead atoms. The summed E-state index contributed by atoms with van der Waals surface area (Å²) in [6.07, 6.45) is 2.60. The van der Waals surface area contributed by atoms with Crippen LogP contribution in [0.1, 0.15) is 29.6 Å². The molecule has 164 valence electrons. The molecule has 2 aromatic carbocycles. The molecule has 1 aliphatic rings. The summed E-state index contributed by atoms with van der Waals surface area (Å²) in [6.45, 7) is 0.495. The molecule has 1 saturated heterocycles. The van der Waals surface area contributed by atoms with Gasteiger partial charge in [0.2, 0.25) is 10.0 Å². The normalized spacial score (nSPS) is 15.3. The third kappa shape index (κ3) is 4.00. The van der Waals surface area contributed by atoms with E-state index < -0.39 is 33.9 Å². The van der Waals surface area contributed by atoms with Crippen molar-refractivity contribution < 1.29 is 26.8 Å². The number of nitrogens with zero attached hydrogens (tertiary/aromatic N) is 2. The topological polar surface area (TPSA) is 98.8 Å². The molecule has 4 rings (SSSR count). The molecule has 0 aliphatic carbocycles. The van der Waals surface area contributed by atoms with Gasteiger partial charge >= 0.3 is 5.76 Å². The first-order valence-corrected chi connectivity index (χ1v) is 11.3. The fraction of sp³-hybridized carbons (Fsp3) is 0.333. The number of hydrogen-bond donors (Lipinski definition) is 0. The number of rotatable bonds is 6. The smallest absolute Gasteiger partial charge is 0.420 e. The van der Waals surface area contributed by atoms with Crippen LogP contribution in [0.15, 0.2) is 50.5 Å². The van der Waals surface area contributed by atoms with E-state index in [0.717, 1.165) is 29.9 Å². The molecule has 0 atom stereocenters. The summed E-state index contributed by atoms with van der Waals surface area (Å²) < 4.78 is 52.2. The highest BCUT2D eigenvalue weighted by Gasteiger charge is 2.27. The lowest BCUT2D eigenvalue weighted by molar-refractivity contribution is 0.0967. The number of halogens is 1. The molecule has 0 unspecified atom stereocenters. The molecule has 0 spiro atoms. The van der Waals surface area contributed by atoms with Gasteiger partial charge in [0.05, 0.1) is 29.6 Å². The number of sulfonamides is 1. The van der Waals surface area contributed by atoms with Gasteiger partial charge < -0.3 is 9.15 Å². The van der Waals surface area contributed by atoms with Gasteiger partial charge in [0.25, 0.3) is 0 Å². The molecule has 1 aliphatic heterocycles. The maximum absolute atomic E-state index is 13.6. The second kappa shape index (κ2) is 8.27. The Hall–Kier alpha value is -2.98. The minimum Gasteiger partial charge on any atom is -0.496 e. The molecular formula is C21H21FN2O6S. The van der Waals surface area contributed by atoms with Gasteiger partial charge in [-0.05, 0) is 43.2 Å². The Labute approximate surface area is 177 Å². The second-order valence-corrected chi connectivity index (χ2v) is 9.25. The summed E-state index contributed by atoms with van der Waals surface area (Å²) in [4.78, 5) is 25.1. The predicted octanol–water partition coefficient (Wildman–Crippen LogP) is 2.80. The van der Waals surface area contributed by atoms with Gasteiger partial charge in [0, 0.05) is 19.2 Å². The molecule has 2 heterocycles. The number of piperidine rings is 1. The highest BCUT2D eigenvalue weighted by atomic mass is 32.2. The Morgan fingerprint density at radius 1 is 1.13 bits per heavy atom. The molecule has 31 heavy (non-hydrogen) atoms. The first-order valence-electron chi connectivity index (χ1n) is 9.81. The number of aromatic nitrogens is 1. The molecule has 0 radical (unpaired) electrons. The van der Waals surface area contributed by atoms with E-state index in [0.29, 0.717) is 13.1 Å². The van der Waals surface area contributed by atoms with Crippen LogP contribution in [0.5, 0.6) is 5.75 Å². The minimum absolute atomic E-state index is 0.00644. The molecule has 3 aromatic rings. The van der Waals surface area contributed by atoms with E-state index in [1.165, 1.54) is 41.7 Å². The van der Waals surface area contributed by atoms with E-state index in [2.05, 4.69) is 0 Å².